The number of nitrogens with zero attached hydrogens (tertiary/aromatic N) is 1. The highest BCUT2D eigenvalue weighted by atomic mass is 16.4. The van der Waals surface area contributed by atoms with Crippen LogP contribution in [0.3, 0.4) is 0 Å². The van der Waals surface area contributed by atoms with Gasteiger partial charge in [0.05, 0.1) is 0 Å². The van der Waals surface area contributed by atoms with Crippen LogP contribution in [0.1, 0.15) is 18.9 Å². The van der Waals surface area contributed by atoms with Crippen molar-refractivity contribution in [2.75, 3.05) is 13.1 Å². The van der Waals surface area contributed by atoms with Crippen LogP contribution in [0.5, 0.6) is 0 Å². The second kappa shape index (κ2) is 5.87. The molecule has 1 aliphatic heterocycles. The van der Waals surface area contributed by atoms with Crippen LogP contribution < -0.4 is 5.32 Å². The van der Waals surface area contributed by atoms with E-state index in [2.05, 4.69) is 29.3 Å². The number of likely N-dealkylation sites (tertiary alicyclic amines) is 1. The van der Waals surface area contributed by atoms with Gasteiger partial charge in [0.25, 0.3) is 0 Å². The summed E-state index contributed by atoms with van der Waals surface area (Å²) in [6.07, 6.45) is 0.00572. The number of hydrogen-bond donors (Lipinski definition) is 2. The lowest BCUT2D eigenvalue weighted by molar-refractivity contribution is 0.133. The molecule has 1 amide bonds. The molecule has 4 nitrogen and oxygen atoms in total. The van der Waals surface area contributed by atoms with Gasteiger partial charge in [-0.2, -0.15) is 0 Å². The molecule has 1 aliphatic rings. The number of hydrogen-bond acceptors (Lipinski definition) is 2. The summed E-state index contributed by atoms with van der Waals surface area (Å²) < 4.78 is 0. The van der Waals surface area contributed by atoms with Crippen molar-refractivity contribution in [3.8, 4) is 0 Å². The van der Waals surface area contributed by atoms with E-state index in [0.29, 0.717) is 5.92 Å². The van der Waals surface area contributed by atoms with Gasteiger partial charge in [0, 0.05) is 25.7 Å². The van der Waals surface area contributed by atoms with Crippen LogP contribution >= 0.6 is 0 Å². The predicted molar refractivity (Wildman–Crippen MR) is 70.4 cm³/mol. The fourth-order valence-corrected chi connectivity index (χ4v) is 2.71. The van der Waals surface area contributed by atoms with Crippen molar-refractivity contribution in [1.29, 1.82) is 0 Å². The lowest BCUT2D eigenvalue weighted by Gasteiger charge is -2.36. The Hall–Kier alpha value is -1.55. The average molecular weight is 248 g/mol. The first-order chi connectivity index (χ1) is 8.63. The Kier molecular flexibility index (Phi) is 4.20. The zero-order chi connectivity index (χ0) is 13.0. The molecule has 18 heavy (non-hydrogen) atoms. The minimum absolute atomic E-state index is 0.0509. The van der Waals surface area contributed by atoms with Crippen LogP contribution in [-0.4, -0.2) is 35.2 Å². The summed E-state index contributed by atoms with van der Waals surface area (Å²) in [6.45, 7) is 4.90. The van der Waals surface area contributed by atoms with Crippen LogP contribution in [0.25, 0.3) is 0 Å². The lowest BCUT2D eigenvalue weighted by atomic mass is 9.95. The quantitative estimate of drug-likeness (QED) is 0.862. The fourth-order valence-electron chi connectivity index (χ4n) is 2.71. The molecule has 1 fully saturated rings. The second-order valence-electron chi connectivity index (χ2n) is 5.17. The Morgan fingerprint density at radius 2 is 2.11 bits per heavy atom. The number of benzene rings is 1. The van der Waals surface area contributed by atoms with Crippen molar-refractivity contribution in [1.82, 2.24) is 10.2 Å². The van der Waals surface area contributed by atoms with Gasteiger partial charge in [-0.25, -0.2) is 4.79 Å². The highest BCUT2D eigenvalue weighted by Crippen LogP contribution is 2.18. The summed E-state index contributed by atoms with van der Waals surface area (Å²) in [6, 6.07) is 10.4. The van der Waals surface area contributed by atoms with E-state index in [0.717, 1.165) is 26.1 Å². The van der Waals surface area contributed by atoms with E-state index in [4.69, 9.17) is 5.11 Å². The van der Waals surface area contributed by atoms with Gasteiger partial charge in [-0.3, -0.25) is 4.90 Å². The normalized spacial score (nSPS) is 24.7. The molecule has 0 radical (unpaired) electrons. The van der Waals surface area contributed by atoms with Gasteiger partial charge in [0.1, 0.15) is 0 Å². The minimum Gasteiger partial charge on any atom is -0.465 e. The van der Waals surface area contributed by atoms with Gasteiger partial charge in [0.15, 0.2) is 0 Å². The Bertz CT molecular complexity index is 394. The van der Waals surface area contributed by atoms with Crippen molar-refractivity contribution in [3.05, 3.63) is 35.9 Å². The number of nitrogens with one attached hydrogen (secondary N) is 1. The second-order valence-corrected chi connectivity index (χ2v) is 5.17. The van der Waals surface area contributed by atoms with E-state index in [1.807, 2.05) is 18.2 Å². The maximum atomic E-state index is 10.7. The summed E-state index contributed by atoms with van der Waals surface area (Å²) in [7, 11) is 0. The maximum absolute atomic E-state index is 10.7. The van der Waals surface area contributed by atoms with Crippen LogP contribution in [0, 0.1) is 5.92 Å². The molecule has 1 aromatic rings. The number of piperidine rings is 1. The summed E-state index contributed by atoms with van der Waals surface area (Å²) >= 11 is 0. The molecule has 0 unspecified atom stereocenters. The molecular weight excluding hydrogens is 228 g/mol. The Labute approximate surface area is 108 Å². The van der Waals surface area contributed by atoms with Crippen LogP contribution in [0.4, 0.5) is 4.79 Å². The van der Waals surface area contributed by atoms with Gasteiger partial charge in [0.2, 0.25) is 0 Å². The highest BCUT2D eigenvalue weighted by molar-refractivity contribution is 5.64. The van der Waals surface area contributed by atoms with Crippen molar-refractivity contribution in [2.45, 2.75) is 25.9 Å². The average Bonchev–Trinajstić information content (AvgIpc) is 2.28. The molecule has 0 aromatic heterocycles. The molecule has 1 aromatic carbocycles. The lowest BCUT2D eigenvalue weighted by Crippen LogP contribution is -2.49. The van der Waals surface area contributed by atoms with E-state index in [-0.39, 0.29) is 6.04 Å². The van der Waals surface area contributed by atoms with Crippen LogP contribution in [0.2, 0.25) is 0 Å². The zero-order valence-corrected chi connectivity index (χ0v) is 10.7. The number of carbonyl (C=O) groups is 1. The van der Waals surface area contributed by atoms with Gasteiger partial charge < -0.3 is 10.4 Å². The molecule has 2 atom stereocenters. The highest BCUT2D eigenvalue weighted by Gasteiger charge is 2.25. The van der Waals surface area contributed by atoms with Crippen molar-refractivity contribution >= 4 is 6.09 Å². The molecular formula is C14H20N2O2. The molecule has 98 valence electrons. The maximum Gasteiger partial charge on any atom is 0.404 e. The Morgan fingerprint density at radius 1 is 1.39 bits per heavy atom. The van der Waals surface area contributed by atoms with Crippen molar-refractivity contribution < 1.29 is 9.90 Å². The predicted octanol–water partition coefficient (Wildman–Crippen LogP) is 2.16. The van der Waals surface area contributed by atoms with Gasteiger partial charge >= 0.3 is 6.09 Å². The monoisotopic (exact) mass is 248 g/mol. The van der Waals surface area contributed by atoms with Crippen LogP contribution in [0.15, 0.2) is 30.3 Å². The van der Waals surface area contributed by atoms with Crippen LogP contribution in [-0.2, 0) is 6.54 Å². The molecule has 2 rings (SSSR count). The fraction of sp³-hybridized carbons (Fsp3) is 0.500. The molecule has 1 saturated heterocycles. The molecule has 0 saturated carbocycles. The standard InChI is InChI=1S/C14H20N2O2/c1-11-7-13(15-14(17)18)10-16(8-11)9-12-5-3-2-4-6-12/h2-6,11,13,15H,7-10H2,1H3,(H,17,18)/t11-,13+/m0/s1. The van der Waals surface area contributed by atoms with E-state index in [1.54, 1.807) is 0 Å². The first kappa shape index (κ1) is 12.9. The molecule has 4 heteroatoms. The Balaban J connectivity index is 1.94. The van der Waals surface area contributed by atoms with E-state index >= 15 is 0 Å². The number of amides is 1. The third-order valence-electron chi connectivity index (χ3n) is 3.31. The molecule has 0 bridgehead atoms. The smallest absolute Gasteiger partial charge is 0.404 e. The topological polar surface area (TPSA) is 52.6 Å². The van der Waals surface area contributed by atoms with Gasteiger partial charge in [-0.1, -0.05) is 37.3 Å². The third kappa shape index (κ3) is 3.74. The summed E-state index contributed by atoms with van der Waals surface area (Å²) in [4.78, 5) is 13.0. The minimum atomic E-state index is -0.922. The van der Waals surface area contributed by atoms with E-state index < -0.39 is 6.09 Å². The first-order valence-corrected chi connectivity index (χ1v) is 6.39. The summed E-state index contributed by atoms with van der Waals surface area (Å²) in [5.74, 6) is 0.527. The first-order valence-electron chi connectivity index (χ1n) is 6.39. The van der Waals surface area contributed by atoms with Gasteiger partial charge in [-0.05, 0) is 17.9 Å². The van der Waals surface area contributed by atoms with E-state index in [9.17, 15) is 4.79 Å². The number of rotatable bonds is 3. The third-order valence-corrected chi connectivity index (χ3v) is 3.31. The molecule has 0 spiro atoms. The Morgan fingerprint density at radius 3 is 2.78 bits per heavy atom. The summed E-state index contributed by atoms with van der Waals surface area (Å²) in [5, 5.41) is 11.4. The molecule has 2 N–H and O–H groups in total. The van der Waals surface area contributed by atoms with Crippen molar-refractivity contribution in [2.24, 2.45) is 5.92 Å². The zero-order valence-electron chi connectivity index (χ0n) is 10.7. The summed E-state index contributed by atoms with van der Waals surface area (Å²) in [5.41, 5.74) is 1.28. The molecule has 1 heterocycles. The van der Waals surface area contributed by atoms with Gasteiger partial charge in [-0.15, -0.1) is 0 Å². The largest absolute Gasteiger partial charge is 0.465 e. The van der Waals surface area contributed by atoms with Crippen molar-refractivity contribution in [3.63, 3.8) is 0 Å². The van der Waals surface area contributed by atoms with E-state index in [1.165, 1.54) is 5.56 Å². The number of carboxylic acid groups (broad SMARTS) is 1. The molecule has 0 aliphatic carbocycles. The SMILES string of the molecule is C[C@H]1C[C@@H](NC(=O)O)CN(Cc2ccccc2)C1.